The molecule has 0 aliphatic carbocycles. The fraction of sp³-hybridized carbons (Fsp3) is 0.294. The second kappa shape index (κ2) is 8.65. The van der Waals surface area contributed by atoms with Gasteiger partial charge in [0.05, 0.1) is 10.5 Å². The van der Waals surface area contributed by atoms with Crippen LogP contribution in [0.25, 0.3) is 0 Å². The van der Waals surface area contributed by atoms with Crippen molar-refractivity contribution >= 4 is 45.1 Å². The number of ether oxygens (including phenoxy) is 2. The number of esters is 1. The van der Waals surface area contributed by atoms with Crippen molar-refractivity contribution in [2.24, 2.45) is 0 Å². The predicted octanol–water partition coefficient (Wildman–Crippen LogP) is 3.58. The van der Waals surface area contributed by atoms with Gasteiger partial charge in [-0.25, -0.2) is 9.78 Å². The van der Waals surface area contributed by atoms with E-state index < -0.39 is 28.5 Å². The van der Waals surface area contributed by atoms with Gasteiger partial charge in [-0.05, 0) is 50.3 Å². The second-order valence-corrected chi connectivity index (χ2v) is 7.66. The molecule has 1 aromatic carbocycles. The standard InChI is InChI=1S/C17H18N4O7S/c1-9(22)27-12-6-5-10(19-16(24)28-17(2,3)4)7-11(12)14(23)20-15-18-8-13(29-15)21(25)26/h5-8H,1-4H3,(H,19,24)(H,18,20,23). The van der Waals surface area contributed by atoms with E-state index >= 15 is 0 Å². The summed E-state index contributed by atoms with van der Waals surface area (Å²) in [6.07, 6.45) is 0.271. The molecule has 12 heteroatoms. The molecule has 0 bridgehead atoms. The van der Waals surface area contributed by atoms with Crippen molar-refractivity contribution in [3.8, 4) is 5.75 Å². The predicted molar refractivity (Wildman–Crippen MR) is 104 cm³/mol. The molecular formula is C17H18N4O7S. The maximum Gasteiger partial charge on any atom is 0.412 e. The maximum absolute atomic E-state index is 12.6. The third-order valence-corrected chi connectivity index (χ3v) is 3.88. The summed E-state index contributed by atoms with van der Waals surface area (Å²) >= 11 is 0.665. The van der Waals surface area contributed by atoms with Gasteiger partial charge in [-0.15, -0.1) is 0 Å². The number of thiazole rings is 1. The Balaban J connectivity index is 2.27. The summed E-state index contributed by atoms with van der Waals surface area (Å²) in [4.78, 5) is 49.7. The molecule has 0 saturated heterocycles. The van der Waals surface area contributed by atoms with Gasteiger partial charge in [0.15, 0.2) is 5.13 Å². The van der Waals surface area contributed by atoms with Crippen molar-refractivity contribution < 1.29 is 28.8 Å². The maximum atomic E-state index is 12.6. The van der Waals surface area contributed by atoms with E-state index in [2.05, 4.69) is 15.6 Å². The zero-order valence-corrected chi connectivity index (χ0v) is 16.8. The molecule has 0 unspecified atom stereocenters. The minimum atomic E-state index is -0.738. The van der Waals surface area contributed by atoms with Crippen molar-refractivity contribution in [3.05, 3.63) is 40.1 Å². The lowest BCUT2D eigenvalue weighted by atomic mass is 10.1. The van der Waals surface area contributed by atoms with Crippen LogP contribution in [-0.2, 0) is 9.53 Å². The monoisotopic (exact) mass is 422 g/mol. The quantitative estimate of drug-likeness (QED) is 0.321. The highest BCUT2D eigenvalue weighted by atomic mass is 32.1. The highest BCUT2D eigenvalue weighted by Gasteiger charge is 2.21. The van der Waals surface area contributed by atoms with E-state index in [1.807, 2.05) is 0 Å². The zero-order chi connectivity index (χ0) is 21.8. The molecule has 0 radical (unpaired) electrons. The molecule has 0 spiro atoms. The lowest BCUT2D eigenvalue weighted by Crippen LogP contribution is -2.27. The number of amides is 2. The molecule has 11 nitrogen and oxygen atoms in total. The van der Waals surface area contributed by atoms with Gasteiger partial charge in [0.25, 0.3) is 5.91 Å². The highest BCUT2D eigenvalue weighted by molar-refractivity contribution is 7.18. The molecule has 0 saturated carbocycles. The van der Waals surface area contributed by atoms with Gasteiger partial charge in [-0.3, -0.25) is 30.3 Å². The number of carbonyl (C=O) groups is 3. The smallest absolute Gasteiger partial charge is 0.412 e. The summed E-state index contributed by atoms with van der Waals surface area (Å²) in [5, 5.41) is 15.4. The molecule has 0 aliphatic rings. The molecule has 2 aromatic rings. The molecule has 1 heterocycles. The van der Waals surface area contributed by atoms with E-state index in [0.717, 1.165) is 6.20 Å². The Bertz CT molecular complexity index is 965. The first-order chi connectivity index (χ1) is 13.4. The molecular weight excluding hydrogens is 404 g/mol. The summed E-state index contributed by atoms with van der Waals surface area (Å²) in [5.41, 5.74) is -0.598. The summed E-state index contributed by atoms with van der Waals surface area (Å²) < 4.78 is 10.2. The number of nitrogens with one attached hydrogen (secondary N) is 2. The highest BCUT2D eigenvalue weighted by Crippen LogP contribution is 2.28. The average Bonchev–Trinajstić information content (AvgIpc) is 3.02. The van der Waals surface area contributed by atoms with E-state index in [4.69, 9.17) is 9.47 Å². The van der Waals surface area contributed by atoms with Crippen molar-refractivity contribution in [1.29, 1.82) is 0 Å². The first-order valence-electron chi connectivity index (χ1n) is 8.18. The first-order valence-corrected chi connectivity index (χ1v) is 9.00. The van der Waals surface area contributed by atoms with Gasteiger partial charge in [-0.1, -0.05) is 0 Å². The van der Waals surface area contributed by atoms with Gasteiger partial charge in [0, 0.05) is 12.6 Å². The fourth-order valence-electron chi connectivity index (χ4n) is 2.02. The van der Waals surface area contributed by atoms with Crippen molar-refractivity contribution in [3.63, 3.8) is 0 Å². The molecule has 0 aliphatic heterocycles. The fourth-order valence-corrected chi connectivity index (χ4v) is 2.65. The Morgan fingerprint density at radius 3 is 2.45 bits per heavy atom. The summed E-state index contributed by atoms with van der Waals surface area (Å²) in [5.74, 6) is -1.45. The second-order valence-electron chi connectivity index (χ2n) is 6.65. The van der Waals surface area contributed by atoms with E-state index in [9.17, 15) is 24.5 Å². The van der Waals surface area contributed by atoms with E-state index in [0.29, 0.717) is 11.3 Å². The van der Waals surface area contributed by atoms with Crippen molar-refractivity contribution in [2.45, 2.75) is 33.3 Å². The average molecular weight is 422 g/mol. The molecule has 2 rings (SSSR count). The van der Waals surface area contributed by atoms with Gasteiger partial charge >= 0.3 is 17.1 Å². The Kier molecular flexibility index (Phi) is 6.49. The summed E-state index contributed by atoms with van der Waals surface area (Å²) in [7, 11) is 0. The first kappa shape index (κ1) is 21.8. The van der Waals surface area contributed by atoms with E-state index in [1.165, 1.54) is 25.1 Å². The number of carbonyl (C=O) groups excluding carboxylic acids is 3. The summed E-state index contributed by atoms with van der Waals surface area (Å²) in [6, 6.07) is 4.03. The van der Waals surface area contributed by atoms with Crippen LogP contribution in [0, 0.1) is 10.1 Å². The summed E-state index contributed by atoms with van der Waals surface area (Å²) in [6.45, 7) is 6.26. The molecule has 2 amide bonds. The molecule has 154 valence electrons. The number of hydrogen-bond donors (Lipinski definition) is 2. The van der Waals surface area contributed by atoms with Gasteiger partial charge in [0.1, 0.15) is 17.5 Å². The lowest BCUT2D eigenvalue weighted by molar-refractivity contribution is -0.380. The van der Waals surface area contributed by atoms with Crippen LogP contribution in [-0.4, -0.2) is 33.5 Å². The SMILES string of the molecule is CC(=O)Oc1ccc(NC(=O)OC(C)(C)C)cc1C(=O)Nc1ncc([N+](=O)[O-])s1. The number of benzene rings is 1. The number of nitrogens with zero attached hydrogens (tertiary/aromatic N) is 2. The molecule has 0 fully saturated rings. The van der Waals surface area contributed by atoms with Crippen LogP contribution in [0.4, 0.5) is 20.6 Å². The molecule has 1 aromatic heterocycles. The van der Waals surface area contributed by atoms with Gasteiger partial charge in [0.2, 0.25) is 0 Å². The normalized spacial score (nSPS) is 10.8. The number of aromatic nitrogens is 1. The van der Waals surface area contributed by atoms with Crippen LogP contribution in [0.1, 0.15) is 38.1 Å². The van der Waals surface area contributed by atoms with E-state index in [1.54, 1.807) is 20.8 Å². The van der Waals surface area contributed by atoms with Crippen LogP contribution >= 0.6 is 11.3 Å². The Morgan fingerprint density at radius 2 is 1.90 bits per heavy atom. The van der Waals surface area contributed by atoms with Crippen LogP contribution in [0.15, 0.2) is 24.4 Å². The minimum Gasteiger partial charge on any atom is -0.444 e. The van der Waals surface area contributed by atoms with Crippen LogP contribution < -0.4 is 15.4 Å². The third kappa shape index (κ3) is 6.53. The Hall–Kier alpha value is -3.54. The van der Waals surface area contributed by atoms with Gasteiger partial charge < -0.3 is 9.47 Å². The minimum absolute atomic E-state index is 0.0130. The molecule has 29 heavy (non-hydrogen) atoms. The largest absolute Gasteiger partial charge is 0.444 e. The number of rotatable bonds is 5. The van der Waals surface area contributed by atoms with E-state index in [-0.39, 0.29) is 27.1 Å². The lowest BCUT2D eigenvalue weighted by Gasteiger charge is -2.20. The van der Waals surface area contributed by atoms with Crippen LogP contribution in [0.5, 0.6) is 5.75 Å². The van der Waals surface area contributed by atoms with Crippen molar-refractivity contribution in [1.82, 2.24) is 4.98 Å². The van der Waals surface area contributed by atoms with Crippen LogP contribution in [0.3, 0.4) is 0 Å². The number of nitro groups is 1. The third-order valence-electron chi connectivity index (χ3n) is 3.02. The van der Waals surface area contributed by atoms with Gasteiger partial charge in [-0.2, -0.15) is 0 Å². The number of hydrogen-bond acceptors (Lipinski definition) is 9. The topological polar surface area (TPSA) is 150 Å². The van der Waals surface area contributed by atoms with Crippen molar-refractivity contribution in [2.75, 3.05) is 10.6 Å². The molecule has 2 N–H and O–H groups in total. The zero-order valence-electron chi connectivity index (χ0n) is 16.0. The van der Waals surface area contributed by atoms with Crippen LogP contribution in [0.2, 0.25) is 0 Å². The molecule has 0 atom stereocenters. The number of anilines is 2. The Morgan fingerprint density at radius 1 is 1.21 bits per heavy atom. The Labute approximate surface area is 169 Å².